The van der Waals surface area contributed by atoms with E-state index in [4.69, 9.17) is 0 Å². The van der Waals surface area contributed by atoms with E-state index in [0.29, 0.717) is 11.3 Å². The SMILES string of the molecule is CCc1ccc(N(C(=O)C(F)(F)F)[C@H]2C=CS(=O)(=O)C2)cc1. The second kappa shape index (κ2) is 5.75. The molecule has 0 N–H and O–H groups in total. The largest absolute Gasteiger partial charge is 0.471 e. The fourth-order valence-corrected chi connectivity index (χ4v) is 3.48. The number of hydrogen-bond acceptors (Lipinski definition) is 3. The highest BCUT2D eigenvalue weighted by Gasteiger charge is 2.46. The average Bonchev–Trinajstić information content (AvgIpc) is 2.79. The van der Waals surface area contributed by atoms with Gasteiger partial charge in [-0.1, -0.05) is 19.1 Å². The maximum Gasteiger partial charge on any atom is 0.471 e. The lowest BCUT2D eigenvalue weighted by molar-refractivity contribution is -0.170. The zero-order valence-electron chi connectivity index (χ0n) is 11.7. The molecule has 1 aliphatic rings. The molecule has 1 aromatic rings. The number of aryl methyl sites for hydroxylation is 1. The van der Waals surface area contributed by atoms with Gasteiger partial charge in [0.05, 0.1) is 11.8 Å². The number of hydrogen-bond donors (Lipinski definition) is 0. The molecule has 0 radical (unpaired) electrons. The number of sulfone groups is 1. The molecular weight excluding hydrogens is 319 g/mol. The van der Waals surface area contributed by atoms with Crippen LogP contribution >= 0.6 is 0 Å². The molecule has 1 amide bonds. The van der Waals surface area contributed by atoms with E-state index in [0.717, 1.165) is 17.0 Å². The Bertz CT molecular complexity index is 693. The minimum atomic E-state index is -5.08. The fourth-order valence-electron chi connectivity index (χ4n) is 2.21. The number of amides is 1. The number of carbonyl (C=O) groups is 1. The van der Waals surface area contributed by atoms with Crippen LogP contribution in [0.2, 0.25) is 0 Å². The fraction of sp³-hybridized carbons (Fsp3) is 0.357. The van der Waals surface area contributed by atoms with Crippen LogP contribution in [0.25, 0.3) is 0 Å². The highest BCUT2D eigenvalue weighted by molar-refractivity contribution is 7.94. The number of nitrogens with zero attached hydrogens (tertiary/aromatic N) is 1. The minimum absolute atomic E-state index is 0.0197. The number of anilines is 1. The molecule has 8 heteroatoms. The quantitative estimate of drug-likeness (QED) is 0.854. The third kappa shape index (κ3) is 3.49. The Labute approximate surface area is 126 Å². The Hall–Kier alpha value is -1.83. The molecule has 0 saturated carbocycles. The summed E-state index contributed by atoms with van der Waals surface area (Å²) in [4.78, 5) is 12.2. The standard InChI is InChI=1S/C14H14F3NO3S/c1-2-10-3-5-11(6-4-10)18(13(19)14(15,16)17)12-7-8-22(20,21)9-12/h3-8,12H,2,9H2,1H3/t12-/m0/s1. The van der Waals surface area contributed by atoms with Crippen molar-refractivity contribution in [3.63, 3.8) is 0 Å². The van der Waals surface area contributed by atoms with E-state index >= 15 is 0 Å². The van der Waals surface area contributed by atoms with Crippen molar-refractivity contribution in [3.8, 4) is 0 Å². The smallest absolute Gasteiger partial charge is 0.297 e. The molecular formula is C14H14F3NO3S. The van der Waals surface area contributed by atoms with Gasteiger partial charge >= 0.3 is 12.1 Å². The molecule has 0 fully saturated rings. The molecule has 120 valence electrons. The zero-order chi connectivity index (χ0) is 16.5. The molecule has 0 aromatic heterocycles. The Morgan fingerprint density at radius 2 is 1.86 bits per heavy atom. The predicted molar refractivity (Wildman–Crippen MR) is 76.1 cm³/mol. The Morgan fingerprint density at radius 3 is 2.27 bits per heavy atom. The van der Waals surface area contributed by atoms with E-state index in [1.807, 2.05) is 6.92 Å². The summed E-state index contributed by atoms with van der Waals surface area (Å²) in [6.07, 6.45) is -3.28. The lowest BCUT2D eigenvalue weighted by atomic mass is 10.1. The van der Waals surface area contributed by atoms with E-state index in [9.17, 15) is 26.4 Å². The summed E-state index contributed by atoms with van der Waals surface area (Å²) in [6, 6.07) is 4.84. The molecule has 4 nitrogen and oxygen atoms in total. The molecule has 2 rings (SSSR count). The van der Waals surface area contributed by atoms with Crippen LogP contribution in [0.4, 0.5) is 18.9 Å². The number of benzene rings is 1. The van der Waals surface area contributed by atoms with E-state index in [1.54, 1.807) is 12.1 Å². The number of halogens is 3. The topological polar surface area (TPSA) is 54.5 Å². The number of rotatable bonds is 3. The molecule has 1 heterocycles. The van der Waals surface area contributed by atoms with E-state index in [2.05, 4.69) is 0 Å². The normalized spacial score (nSPS) is 20.1. The van der Waals surface area contributed by atoms with Crippen molar-refractivity contribution in [2.45, 2.75) is 25.6 Å². The maximum atomic E-state index is 12.8. The van der Waals surface area contributed by atoms with Gasteiger partial charge in [0.2, 0.25) is 0 Å². The summed E-state index contributed by atoms with van der Waals surface area (Å²) in [5.74, 6) is -2.63. The van der Waals surface area contributed by atoms with Crippen molar-refractivity contribution in [2.75, 3.05) is 10.7 Å². The summed E-state index contributed by atoms with van der Waals surface area (Å²) >= 11 is 0. The molecule has 0 bridgehead atoms. The summed E-state index contributed by atoms with van der Waals surface area (Å²) in [6.45, 7) is 1.89. The molecule has 22 heavy (non-hydrogen) atoms. The molecule has 0 spiro atoms. The predicted octanol–water partition coefficient (Wildman–Crippen LogP) is 2.46. The van der Waals surface area contributed by atoms with E-state index < -0.39 is 33.7 Å². The summed E-state index contributed by atoms with van der Waals surface area (Å²) in [5.41, 5.74) is 0.920. The molecule has 1 aliphatic heterocycles. The minimum Gasteiger partial charge on any atom is -0.297 e. The van der Waals surface area contributed by atoms with Crippen molar-refractivity contribution < 1.29 is 26.4 Å². The van der Waals surface area contributed by atoms with Gasteiger partial charge in [-0.05, 0) is 30.2 Å². The van der Waals surface area contributed by atoms with E-state index in [-0.39, 0.29) is 5.69 Å². The molecule has 0 aliphatic carbocycles. The van der Waals surface area contributed by atoms with Gasteiger partial charge in [-0.2, -0.15) is 13.2 Å². The Kier molecular flexibility index (Phi) is 4.32. The van der Waals surface area contributed by atoms with Gasteiger partial charge in [-0.25, -0.2) is 8.42 Å². The van der Waals surface area contributed by atoms with Gasteiger partial charge in [0.25, 0.3) is 0 Å². The molecule has 0 saturated heterocycles. The number of carbonyl (C=O) groups excluding carboxylic acids is 1. The van der Waals surface area contributed by atoms with Crippen LogP contribution in [0.5, 0.6) is 0 Å². The molecule has 1 aromatic carbocycles. The van der Waals surface area contributed by atoms with Crippen LogP contribution in [0.1, 0.15) is 12.5 Å². The highest BCUT2D eigenvalue weighted by Crippen LogP contribution is 2.29. The van der Waals surface area contributed by atoms with Crippen molar-refractivity contribution in [1.29, 1.82) is 0 Å². The second-order valence-electron chi connectivity index (χ2n) is 4.92. The van der Waals surface area contributed by atoms with Crippen LogP contribution in [0, 0.1) is 0 Å². The monoisotopic (exact) mass is 333 g/mol. The first-order valence-electron chi connectivity index (χ1n) is 6.54. The first kappa shape index (κ1) is 16.5. The zero-order valence-corrected chi connectivity index (χ0v) is 12.5. The van der Waals surface area contributed by atoms with Gasteiger partial charge in [0.15, 0.2) is 9.84 Å². The second-order valence-corrected chi connectivity index (χ2v) is 6.85. The third-order valence-electron chi connectivity index (χ3n) is 3.33. The van der Waals surface area contributed by atoms with E-state index in [1.165, 1.54) is 12.1 Å². The first-order valence-corrected chi connectivity index (χ1v) is 8.26. The summed E-state index contributed by atoms with van der Waals surface area (Å²) in [5, 5.41) is 0.842. The van der Waals surface area contributed by atoms with Crippen LogP contribution < -0.4 is 4.90 Å². The lowest BCUT2D eigenvalue weighted by Crippen LogP contribution is -2.47. The van der Waals surface area contributed by atoms with Crippen LogP contribution in [0.3, 0.4) is 0 Å². The summed E-state index contributed by atoms with van der Waals surface area (Å²) in [7, 11) is -3.58. The van der Waals surface area contributed by atoms with Crippen LogP contribution in [-0.2, 0) is 21.1 Å². The van der Waals surface area contributed by atoms with Gasteiger partial charge < -0.3 is 0 Å². The van der Waals surface area contributed by atoms with Crippen LogP contribution in [-0.4, -0.2) is 32.3 Å². The highest BCUT2D eigenvalue weighted by atomic mass is 32.2. The van der Waals surface area contributed by atoms with Gasteiger partial charge in [0.1, 0.15) is 0 Å². The van der Waals surface area contributed by atoms with Crippen LogP contribution in [0.15, 0.2) is 35.7 Å². The van der Waals surface area contributed by atoms with Crippen molar-refractivity contribution in [3.05, 3.63) is 41.3 Å². The average molecular weight is 333 g/mol. The van der Waals surface area contributed by atoms with Crippen molar-refractivity contribution in [1.82, 2.24) is 0 Å². The first-order chi connectivity index (χ1) is 10.1. The Balaban J connectivity index is 2.41. The molecule has 0 unspecified atom stereocenters. The summed E-state index contributed by atoms with van der Waals surface area (Å²) < 4.78 is 61.3. The third-order valence-corrected chi connectivity index (χ3v) is 4.70. The van der Waals surface area contributed by atoms with Gasteiger partial charge in [0, 0.05) is 11.1 Å². The van der Waals surface area contributed by atoms with Gasteiger partial charge in [-0.3, -0.25) is 9.69 Å². The lowest BCUT2D eigenvalue weighted by Gasteiger charge is -2.28. The van der Waals surface area contributed by atoms with Gasteiger partial charge in [-0.15, -0.1) is 0 Å². The maximum absolute atomic E-state index is 12.8. The van der Waals surface area contributed by atoms with Crippen molar-refractivity contribution in [2.24, 2.45) is 0 Å². The molecule has 1 atom stereocenters. The number of alkyl halides is 3. The van der Waals surface area contributed by atoms with Crippen molar-refractivity contribution >= 4 is 21.4 Å². The Morgan fingerprint density at radius 1 is 1.27 bits per heavy atom.